The van der Waals surface area contributed by atoms with E-state index >= 15 is 0 Å². The van der Waals surface area contributed by atoms with Crippen molar-refractivity contribution in [2.75, 3.05) is 13.2 Å². The second-order valence-electron chi connectivity index (χ2n) is 4.79. The molecule has 1 aromatic heterocycles. The minimum atomic E-state index is -0.401. The third-order valence-electron chi connectivity index (χ3n) is 3.00. The maximum atomic E-state index is 11.8. The van der Waals surface area contributed by atoms with E-state index in [1.54, 1.807) is 11.6 Å². The molecule has 1 fully saturated rings. The molecule has 6 heteroatoms. The summed E-state index contributed by atoms with van der Waals surface area (Å²) in [6.07, 6.45) is 2.13. The molecule has 18 heavy (non-hydrogen) atoms. The summed E-state index contributed by atoms with van der Waals surface area (Å²) in [5.41, 5.74) is 1.21. The van der Waals surface area contributed by atoms with E-state index in [1.807, 2.05) is 6.92 Å². The Kier molecular flexibility index (Phi) is 3.96. The van der Waals surface area contributed by atoms with Crippen LogP contribution in [0.2, 0.25) is 0 Å². The van der Waals surface area contributed by atoms with E-state index in [2.05, 4.69) is 10.3 Å². The Labute approximate surface area is 106 Å². The molecule has 0 bridgehead atoms. The fraction of sp³-hybridized carbons (Fsp3) is 0.750. The van der Waals surface area contributed by atoms with Gasteiger partial charge in [-0.05, 0) is 25.7 Å². The molecule has 1 heterocycles. The molecule has 1 aliphatic carbocycles. The van der Waals surface area contributed by atoms with Gasteiger partial charge in [-0.2, -0.15) is 0 Å². The maximum absolute atomic E-state index is 11.8. The molecule has 100 valence electrons. The molecule has 0 radical (unpaired) electrons. The molecule has 0 aliphatic heterocycles. The lowest BCUT2D eigenvalue weighted by atomic mass is 10.1. The highest BCUT2D eigenvalue weighted by atomic mass is 16.5. The normalized spacial score (nSPS) is 16.6. The first kappa shape index (κ1) is 13.0. The van der Waals surface area contributed by atoms with Gasteiger partial charge in [-0.25, -0.2) is 9.48 Å². The minimum absolute atomic E-state index is 0.0959. The van der Waals surface area contributed by atoms with E-state index in [1.165, 1.54) is 0 Å². The molecule has 0 saturated heterocycles. The summed E-state index contributed by atoms with van der Waals surface area (Å²) in [5.74, 6) is 0.0619. The van der Waals surface area contributed by atoms with Crippen LogP contribution in [0.1, 0.15) is 48.8 Å². The molecule has 1 aromatic rings. The van der Waals surface area contributed by atoms with Crippen molar-refractivity contribution in [1.82, 2.24) is 15.0 Å². The Morgan fingerprint density at radius 1 is 1.61 bits per heavy atom. The van der Waals surface area contributed by atoms with Gasteiger partial charge in [0.15, 0.2) is 5.69 Å². The molecule has 1 N–H and O–H groups in total. The highest BCUT2D eigenvalue weighted by Gasteiger charge is 2.34. The van der Waals surface area contributed by atoms with Crippen molar-refractivity contribution < 1.29 is 14.6 Å². The molecular weight excluding hydrogens is 234 g/mol. The molecule has 1 saturated carbocycles. The summed E-state index contributed by atoms with van der Waals surface area (Å²) in [6.45, 7) is 4.71. The lowest BCUT2D eigenvalue weighted by molar-refractivity contribution is 0.0518. The zero-order chi connectivity index (χ0) is 13.1. The second kappa shape index (κ2) is 5.48. The van der Waals surface area contributed by atoms with Crippen LogP contribution in [0, 0.1) is 5.92 Å². The first-order valence-electron chi connectivity index (χ1n) is 6.38. The number of carbonyl (C=O) groups excluding carboxylic acids is 1. The summed E-state index contributed by atoms with van der Waals surface area (Å²) in [7, 11) is 0. The van der Waals surface area contributed by atoms with Crippen molar-refractivity contribution in [3.63, 3.8) is 0 Å². The largest absolute Gasteiger partial charge is 0.461 e. The van der Waals surface area contributed by atoms with Gasteiger partial charge < -0.3 is 9.84 Å². The zero-order valence-electron chi connectivity index (χ0n) is 10.8. The standard InChI is InChI=1S/C12H19N3O3/c1-3-18-12(17)10-11(9-4-5-9)15(14-13-10)6-8(2)7-16/h8-9,16H,3-7H2,1-2H3. The molecule has 0 amide bonds. The number of rotatable bonds is 6. The summed E-state index contributed by atoms with van der Waals surface area (Å²) >= 11 is 0. The van der Waals surface area contributed by atoms with Gasteiger partial charge >= 0.3 is 5.97 Å². The van der Waals surface area contributed by atoms with Crippen LogP contribution in [0.5, 0.6) is 0 Å². The number of aliphatic hydroxyl groups is 1. The van der Waals surface area contributed by atoms with Crippen LogP contribution in [0.25, 0.3) is 0 Å². The average molecular weight is 253 g/mol. The predicted octanol–water partition coefficient (Wildman–Crippen LogP) is 0.961. The van der Waals surface area contributed by atoms with Crippen LogP contribution >= 0.6 is 0 Å². The monoisotopic (exact) mass is 253 g/mol. The minimum Gasteiger partial charge on any atom is -0.461 e. The first-order chi connectivity index (χ1) is 8.67. The first-order valence-corrected chi connectivity index (χ1v) is 6.38. The smallest absolute Gasteiger partial charge is 0.360 e. The van der Waals surface area contributed by atoms with Gasteiger partial charge in [0.1, 0.15) is 0 Å². The number of esters is 1. The number of hydrogen-bond acceptors (Lipinski definition) is 5. The van der Waals surface area contributed by atoms with Crippen molar-refractivity contribution in [3.8, 4) is 0 Å². The third kappa shape index (κ3) is 2.69. The van der Waals surface area contributed by atoms with Gasteiger partial charge in [0.25, 0.3) is 0 Å². The summed E-state index contributed by atoms with van der Waals surface area (Å²) in [6, 6.07) is 0. The number of hydrogen-bond donors (Lipinski definition) is 1. The number of ether oxygens (including phenoxy) is 1. The molecular formula is C12H19N3O3. The van der Waals surface area contributed by atoms with Crippen molar-refractivity contribution >= 4 is 5.97 Å². The number of carbonyl (C=O) groups is 1. The summed E-state index contributed by atoms with van der Waals surface area (Å²) in [4.78, 5) is 11.8. The molecule has 0 spiro atoms. The molecule has 1 unspecified atom stereocenters. The molecule has 6 nitrogen and oxygen atoms in total. The summed E-state index contributed by atoms with van der Waals surface area (Å²) in [5, 5.41) is 17.1. The van der Waals surface area contributed by atoms with E-state index < -0.39 is 5.97 Å². The van der Waals surface area contributed by atoms with E-state index in [0.29, 0.717) is 24.8 Å². The summed E-state index contributed by atoms with van der Waals surface area (Å²) < 4.78 is 6.73. The Morgan fingerprint density at radius 2 is 2.33 bits per heavy atom. The van der Waals surface area contributed by atoms with Gasteiger partial charge in [0.05, 0.1) is 12.3 Å². The molecule has 2 rings (SSSR count). The number of aromatic nitrogens is 3. The van der Waals surface area contributed by atoms with Crippen LogP contribution in [-0.2, 0) is 11.3 Å². The molecule has 1 aliphatic rings. The highest BCUT2D eigenvalue weighted by Crippen LogP contribution is 2.41. The lowest BCUT2D eigenvalue weighted by Gasteiger charge is -2.10. The van der Waals surface area contributed by atoms with Gasteiger partial charge in [0.2, 0.25) is 0 Å². The van der Waals surface area contributed by atoms with Gasteiger partial charge in [-0.1, -0.05) is 12.1 Å². The van der Waals surface area contributed by atoms with Crippen molar-refractivity contribution in [2.24, 2.45) is 5.92 Å². The fourth-order valence-electron chi connectivity index (χ4n) is 1.91. The number of aliphatic hydroxyl groups excluding tert-OH is 1. The topological polar surface area (TPSA) is 77.2 Å². The van der Waals surface area contributed by atoms with Crippen molar-refractivity contribution in [3.05, 3.63) is 11.4 Å². The fourth-order valence-corrected chi connectivity index (χ4v) is 1.91. The van der Waals surface area contributed by atoms with E-state index in [4.69, 9.17) is 9.84 Å². The lowest BCUT2D eigenvalue weighted by Crippen LogP contribution is -2.15. The van der Waals surface area contributed by atoms with Crippen LogP contribution < -0.4 is 0 Å². The Bertz CT molecular complexity index is 426. The van der Waals surface area contributed by atoms with Crippen LogP contribution in [0.15, 0.2) is 0 Å². The third-order valence-corrected chi connectivity index (χ3v) is 3.00. The average Bonchev–Trinajstić information content (AvgIpc) is 3.11. The zero-order valence-corrected chi connectivity index (χ0v) is 10.8. The van der Waals surface area contributed by atoms with Gasteiger partial charge in [-0.3, -0.25) is 0 Å². The number of nitrogens with zero attached hydrogens (tertiary/aromatic N) is 3. The van der Waals surface area contributed by atoms with Gasteiger partial charge in [-0.15, -0.1) is 5.10 Å². The Hall–Kier alpha value is -1.43. The van der Waals surface area contributed by atoms with Crippen molar-refractivity contribution in [1.29, 1.82) is 0 Å². The van der Waals surface area contributed by atoms with E-state index in [0.717, 1.165) is 18.5 Å². The van der Waals surface area contributed by atoms with Gasteiger partial charge in [0, 0.05) is 19.1 Å². The Morgan fingerprint density at radius 3 is 2.89 bits per heavy atom. The van der Waals surface area contributed by atoms with E-state index in [9.17, 15) is 4.79 Å². The second-order valence-corrected chi connectivity index (χ2v) is 4.79. The molecule has 1 atom stereocenters. The SMILES string of the molecule is CCOC(=O)c1nnn(CC(C)CO)c1C1CC1. The quantitative estimate of drug-likeness (QED) is 0.764. The van der Waals surface area contributed by atoms with Crippen LogP contribution in [-0.4, -0.2) is 39.3 Å². The maximum Gasteiger partial charge on any atom is 0.360 e. The van der Waals surface area contributed by atoms with E-state index in [-0.39, 0.29) is 12.5 Å². The molecule has 0 aromatic carbocycles. The van der Waals surface area contributed by atoms with Crippen LogP contribution in [0.3, 0.4) is 0 Å². The predicted molar refractivity (Wildman–Crippen MR) is 64.2 cm³/mol. The highest BCUT2D eigenvalue weighted by molar-refractivity contribution is 5.88. The Balaban J connectivity index is 2.23. The van der Waals surface area contributed by atoms with Crippen LogP contribution in [0.4, 0.5) is 0 Å². The van der Waals surface area contributed by atoms with Crippen molar-refractivity contribution in [2.45, 2.75) is 39.2 Å².